The predicted molar refractivity (Wildman–Crippen MR) is 96.0 cm³/mol. The Labute approximate surface area is 147 Å². The first-order valence-corrected chi connectivity index (χ1v) is 7.96. The Hall–Kier alpha value is -2.83. The van der Waals surface area contributed by atoms with Gasteiger partial charge in [-0.05, 0) is 38.5 Å². The summed E-state index contributed by atoms with van der Waals surface area (Å²) in [7, 11) is 0. The van der Waals surface area contributed by atoms with E-state index in [4.69, 9.17) is 4.74 Å². The highest BCUT2D eigenvalue weighted by Crippen LogP contribution is 2.15. The van der Waals surface area contributed by atoms with Crippen LogP contribution in [0.15, 0.2) is 36.9 Å². The summed E-state index contributed by atoms with van der Waals surface area (Å²) in [5.41, 5.74) is 0.793. The van der Waals surface area contributed by atoms with E-state index in [0.717, 1.165) is 5.56 Å². The van der Waals surface area contributed by atoms with Gasteiger partial charge < -0.3 is 20.7 Å². The van der Waals surface area contributed by atoms with Crippen molar-refractivity contribution in [3.63, 3.8) is 0 Å². The van der Waals surface area contributed by atoms with E-state index in [9.17, 15) is 14.4 Å². The number of carbonyl (C=O) groups excluding carboxylic acids is 3. The van der Waals surface area contributed by atoms with Crippen molar-refractivity contribution in [2.75, 3.05) is 11.9 Å². The molecule has 0 aliphatic rings. The Morgan fingerprint density at radius 1 is 1.16 bits per heavy atom. The minimum absolute atomic E-state index is 0.104. The lowest BCUT2D eigenvalue weighted by Crippen LogP contribution is -2.34. The van der Waals surface area contributed by atoms with Crippen LogP contribution < -0.4 is 16.0 Å². The molecule has 136 valence electrons. The predicted octanol–water partition coefficient (Wildman–Crippen LogP) is 2.34. The zero-order chi connectivity index (χ0) is 18.9. The molecule has 1 aromatic carbocycles. The second kappa shape index (κ2) is 9.46. The molecule has 0 spiro atoms. The fraction of sp³-hybridized carbons (Fsp3) is 0.389. The fourth-order valence-electron chi connectivity index (χ4n) is 1.86. The summed E-state index contributed by atoms with van der Waals surface area (Å²) in [5, 5.41) is 7.95. The molecule has 7 heteroatoms. The Bertz CT molecular complexity index is 635. The number of para-hydroxylation sites is 1. The van der Waals surface area contributed by atoms with Gasteiger partial charge in [-0.15, -0.1) is 0 Å². The number of amides is 3. The third-order valence-electron chi connectivity index (χ3n) is 2.95. The standard InChI is InChI=1S/C18H25N3O4/c1-5-15(22)20-12-13-8-6-7-9-14(13)21-16(23)10-11-19-17(24)25-18(2,3)4/h5-9H,1,10-12H2,2-4H3,(H,19,24)(H,20,22)(H,21,23). The largest absolute Gasteiger partial charge is 0.444 e. The van der Waals surface area contributed by atoms with E-state index in [1.165, 1.54) is 6.08 Å². The molecule has 0 radical (unpaired) electrons. The molecule has 0 saturated carbocycles. The van der Waals surface area contributed by atoms with E-state index in [-0.39, 0.29) is 31.3 Å². The quantitative estimate of drug-likeness (QED) is 0.660. The van der Waals surface area contributed by atoms with Crippen LogP contribution in [0.2, 0.25) is 0 Å². The molecule has 0 saturated heterocycles. The molecule has 0 unspecified atom stereocenters. The van der Waals surface area contributed by atoms with Crippen LogP contribution in [-0.2, 0) is 20.9 Å². The fourth-order valence-corrected chi connectivity index (χ4v) is 1.86. The number of hydrogen-bond acceptors (Lipinski definition) is 4. The molecule has 3 N–H and O–H groups in total. The molecule has 1 rings (SSSR count). The van der Waals surface area contributed by atoms with E-state index < -0.39 is 11.7 Å². The monoisotopic (exact) mass is 347 g/mol. The molecule has 0 aliphatic heterocycles. The number of rotatable bonds is 7. The smallest absolute Gasteiger partial charge is 0.407 e. The van der Waals surface area contributed by atoms with E-state index >= 15 is 0 Å². The minimum Gasteiger partial charge on any atom is -0.444 e. The molecule has 0 fully saturated rings. The molecule has 0 bridgehead atoms. The maximum Gasteiger partial charge on any atom is 0.407 e. The van der Waals surface area contributed by atoms with Gasteiger partial charge in [0, 0.05) is 25.2 Å². The lowest BCUT2D eigenvalue weighted by Gasteiger charge is -2.19. The first-order chi connectivity index (χ1) is 11.7. The van der Waals surface area contributed by atoms with Crippen molar-refractivity contribution in [3.05, 3.63) is 42.5 Å². The Morgan fingerprint density at radius 3 is 2.48 bits per heavy atom. The van der Waals surface area contributed by atoms with Gasteiger partial charge in [0.05, 0.1) is 0 Å². The summed E-state index contributed by atoms with van der Waals surface area (Å²) in [6, 6.07) is 7.15. The zero-order valence-corrected chi connectivity index (χ0v) is 14.8. The number of carbonyl (C=O) groups is 3. The van der Waals surface area contributed by atoms with Crippen LogP contribution in [0.1, 0.15) is 32.8 Å². The van der Waals surface area contributed by atoms with Crippen molar-refractivity contribution in [1.82, 2.24) is 10.6 Å². The van der Waals surface area contributed by atoms with Gasteiger partial charge in [0.15, 0.2) is 0 Å². The summed E-state index contributed by atoms with van der Waals surface area (Å²) in [6.07, 6.45) is 0.726. The maximum absolute atomic E-state index is 12.0. The van der Waals surface area contributed by atoms with Crippen LogP contribution in [-0.4, -0.2) is 30.1 Å². The summed E-state index contributed by atoms with van der Waals surface area (Å²) < 4.78 is 5.09. The van der Waals surface area contributed by atoms with Gasteiger partial charge in [0.1, 0.15) is 5.60 Å². The number of anilines is 1. The van der Waals surface area contributed by atoms with E-state index in [2.05, 4.69) is 22.5 Å². The van der Waals surface area contributed by atoms with Crippen molar-refractivity contribution in [1.29, 1.82) is 0 Å². The molecule has 1 aromatic rings. The van der Waals surface area contributed by atoms with Crippen molar-refractivity contribution in [2.45, 2.75) is 39.3 Å². The van der Waals surface area contributed by atoms with Gasteiger partial charge in [-0.2, -0.15) is 0 Å². The highest BCUT2D eigenvalue weighted by atomic mass is 16.6. The third kappa shape index (κ3) is 8.55. The summed E-state index contributed by atoms with van der Waals surface area (Å²) >= 11 is 0. The van der Waals surface area contributed by atoms with Crippen molar-refractivity contribution in [3.8, 4) is 0 Å². The van der Waals surface area contributed by atoms with E-state index in [1.54, 1.807) is 39.0 Å². The summed E-state index contributed by atoms with van der Waals surface area (Å²) in [6.45, 7) is 9.12. The molecule has 3 amide bonds. The Morgan fingerprint density at radius 2 is 1.84 bits per heavy atom. The van der Waals surface area contributed by atoms with Gasteiger partial charge in [-0.3, -0.25) is 9.59 Å². The number of nitrogens with one attached hydrogen (secondary N) is 3. The first-order valence-electron chi connectivity index (χ1n) is 7.96. The molecule has 0 atom stereocenters. The second-order valence-corrected chi connectivity index (χ2v) is 6.31. The molecule has 0 aromatic heterocycles. The van der Waals surface area contributed by atoms with Gasteiger partial charge in [0.25, 0.3) is 0 Å². The van der Waals surface area contributed by atoms with Crippen LogP contribution in [0.4, 0.5) is 10.5 Å². The highest BCUT2D eigenvalue weighted by molar-refractivity contribution is 5.92. The average molecular weight is 347 g/mol. The average Bonchev–Trinajstić information content (AvgIpc) is 2.52. The van der Waals surface area contributed by atoms with Crippen molar-refractivity contribution < 1.29 is 19.1 Å². The number of ether oxygens (including phenoxy) is 1. The third-order valence-corrected chi connectivity index (χ3v) is 2.95. The second-order valence-electron chi connectivity index (χ2n) is 6.31. The van der Waals surface area contributed by atoms with Gasteiger partial charge in [-0.1, -0.05) is 24.8 Å². The molecule has 0 heterocycles. The van der Waals surface area contributed by atoms with Crippen LogP contribution in [0.25, 0.3) is 0 Å². The lowest BCUT2D eigenvalue weighted by atomic mass is 10.1. The number of benzene rings is 1. The van der Waals surface area contributed by atoms with Gasteiger partial charge >= 0.3 is 6.09 Å². The van der Waals surface area contributed by atoms with Crippen molar-refractivity contribution in [2.24, 2.45) is 0 Å². The van der Waals surface area contributed by atoms with Crippen LogP contribution >= 0.6 is 0 Å². The molecule has 0 aliphatic carbocycles. The Kier molecular flexibility index (Phi) is 7.65. The van der Waals surface area contributed by atoms with E-state index in [1.807, 2.05) is 6.07 Å². The molecule has 25 heavy (non-hydrogen) atoms. The Balaban J connectivity index is 2.48. The van der Waals surface area contributed by atoms with Crippen LogP contribution in [0.5, 0.6) is 0 Å². The highest BCUT2D eigenvalue weighted by Gasteiger charge is 2.16. The number of hydrogen-bond donors (Lipinski definition) is 3. The van der Waals surface area contributed by atoms with Gasteiger partial charge in [-0.25, -0.2) is 4.79 Å². The SMILES string of the molecule is C=CC(=O)NCc1ccccc1NC(=O)CCNC(=O)OC(C)(C)C. The normalized spacial score (nSPS) is 10.5. The molecular formula is C18H25N3O4. The van der Waals surface area contributed by atoms with Crippen LogP contribution in [0.3, 0.4) is 0 Å². The maximum atomic E-state index is 12.0. The topological polar surface area (TPSA) is 96.5 Å². The lowest BCUT2D eigenvalue weighted by molar-refractivity contribution is -0.117. The summed E-state index contributed by atoms with van der Waals surface area (Å²) in [4.78, 5) is 34.8. The first kappa shape index (κ1) is 20.2. The van der Waals surface area contributed by atoms with E-state index in [0.29, 0.717) is 5.69 Å². The van der Waals surface area contributed by atoms with Crippen molar-refractivity contribution >= 4 is 23.6 Å². The summed E-state index contributed by atoms with van der Waals surface area (Å²) in [5.74, 6) is -0.541. The van der Waals surface area contributed by atoms with Crippen LogP contribution in [0, 0.1) is 0 Å². The molecule has 7 nitrogen and oxygen atoms in total. The van der Waals surface area contributed by atoms with Gasteiger partial charge in [0.2, 0.25) is 11.8 Å². The number of alkyl carbamates (subject to hydrolysis) is 1. The molecular weight excluding hydrogens is 322 g/mol. The minimum atomic E-state index is -0.582. The zero-order valence-electron chi connectivity index (χ0n) is 14.8.